The lowest BCUT2D eigenvalue weighted by atomic mass is 9.75. The van der Waals surface area contributed by atoms with Crippen LogP contribution in [0.5, 0.6) is 0 Å². The highest BCUT2D eigenvalue weighted by molar-refractivity contribution is 7.99. The molecule has 0 spiro atoms. The molecule has 1 N–H and O–H groups in total. The van der Waals surface area contributed by atoms with Crippen LogP contribution in [0.25, 0.3) is 0 Å². The van der Waals surface area contributed by atoms with Gasteiger partial charge in [0.25, 0.3) is 0 Å². The van der Waals surface area contributed by atoms with Gasteiger partial charge >= 0.3 is 5.97 Å². The number of esters is 1. The van der Waals surface area contributed by atoms with Gasteiger partial charge in [0.15, 0.2) is 5.78 Å². The second-order valence-corrected chi connectivity index (χ2v) is 8.01. The van der Waals surface area contributed by atoms with Gasteiger partial charge in [0.1, 0.15) is 12.4 Å². The number of Topliss-reactive ketones (excluding diaryl/α,β-unsaturated/α-hetero) is 1. The molecule has 1 unspecified atom stereocenters. The van der Waals surface area contributed by atoms with Crippen LogP contribution in [0.2, 0.25) is 0 Å². The number of halogens is 1. The Morgan fingerprint density at radius 2 is 2.11 bits per heavy atom. The topological polar surface area (TPSA) is 55.4 Å². The third-order valence-corrected chi connectivity index (χ3v) is 5.74. The molecule has 1 aliphatic carbocycles. The molecule has 0 fully saturated rings. The summed E-state index contributed by atoms with van der Waals surface area (Å²) in [6, 6.07) is 6.34. The number of carbonyl (C=O) groups excluding carboxylic acids is 2. The van der Waals surface area contributed by atoms with Crippen LogP contribution in [0.3, 0.4) is 0 Å². The molecule has 6 heteroatoms. The molecule has 0 saturated carbocycles. The molecule has 1 heterocycles. The molecule has 144 valence electrons. The lowest BCUT2D eigenvalue weighted by molar-refractivity contribution is -0.138. The fourth-order valence-electron chi connectivity index (χ4n) is 3.69. The number of allylic oxidation sites excluding steroid dienone is 3. The maximum absolute atomic E-state index is 14.6. The van der Waals surface area contributed by atoms with Crippen molar-refractivity contribution in [3.8, 4) is 0 Å². The molecule has 0 radical (unpaired) electrons. The summed E-state index contributed by atoms with van der Waals surface area (Å²) >= 11 is 1.68. The molecule has 0 aromatic heterocycles. The van der Waals surface area contributed by atoms with Gasteiger partial charge in [0.05, 0.1) is 11.5 Å². The normalized spacial score (nSPS) is 19.7. The average Bonchev–Trinajstić information content (AvgIpc) is 2.65. The van der Waals surface area contributed by atoms with E-state index in [9.17, 15) is 14.0 Å². The number of hydrogen-bond donors (Lipinski definition) is 1. The number of nitrogens with one attached hydrogen (secondary N) is 1. The third-order valence-electron chi connectivity index (χ3n) is 4.88. The van der Waals surface area contributed by atoms with Gasteiger partial charge in [-0.25, -0.2) is 9.18 Å². The molecular weight excluding hydrogens is 365 g/mol. The molecule has 0 bridgehead atoms. The summed E-state index contributed by atoms with van der Waals surface area (Å²) in [5, 5.41) is 3.21. The number of ketones is 1. The van der Waals surface area contributed by atoms with Crippen molar-refractivity contribution < 1.29 is 18.7 Å². The Kier molecular flexibility index (Phi) is 6.37. The van der Waals surface area contributed by atoms with Crippen LogP contribution in [0, 0.1) is 5.82 Å². The summed E-state index contributed by atoms with van der Waals surface area (Å²) < 4.78 is 20.1. The monoisotopic (exact) mass is 389 g/mol. The number of thioether (sulfide) groups is 1. The molecule has 2 aliphatic rings. The largest absolute Gasteiger partial charge is 0.461 e. The first-order valence-corrected chi connectivity index (χ1v) is 10.4. The van der Waals surface area contributed by atoms with Gasteiger partial charge in [-0.3, -0.25) is 4.79 Å². The van der Waals surface area contributed by atoms with Crippen LogP contribution in [0.15, 0.2) is 46.8 Å². The molecule has 27 heavy (non-hydrogen) atoms. The molecule has 1 aromatic carbocycles. The summed E-state index contributed by atoms with van der Waals surface area (Å²) in [5.74, 6) is -0.00933. The Labute approximate surface area is 163 Å². The van der Waals surface area contributed by atoms with Crippen LogP contribution < -0.4 is 5.32 Å². The van der Waals surface area contributed by atoms with E-state index >= 15 is 0 Å². The van der Waals surface area contributed by atoms with E-state index in [1.54, 1.807) is 36.9 Å². The maximum Gasteiger partial charge on any atom is 0.336 e. The smallest absolute Gasteiger partial charge is 0.336 e. The third kappa shape index (κ3) is 4.10. The highest BCUT2D eigenvalue weighted by Crippen LogP contribution is 2.43. The minimum Gasteiger partial charge on any atom is -0.461 e. The number of hydrogen-bond acceptors (Lipinski definition) is 5. The second-order valence-electron chi connectivity index (χ2n) is 6.62. The molecule has 4 nitrogen and oxygen atoms in total. The van der Waals surface area contributed by atoms with Crippen molar-refractivity contribution in [2.24, 2.45) is 0 Å². The van der Waals surface area contributed by atoms with Crippen LogP contribution in [-0.2, 0) is 14.3 Å². The number of ether oxygens (including phenoxy) is 1. The lowest BCUT2D eigenvalue weighted by Crippen LogP contribution is -2.34. The maximum atomic E-state index is 14.6. The summed E-state index contributed by atoms with van der Waals surface area (Å²) in [5.41, 5.74) is 2.61. The summed E-state index contributed by atoms with van der Waals surface area (Å²) in [6.45, 7) is 4.12. The molecule has 0 saturated heterocycles. The van der Waals surface area contributed by atoms with Crippen LogP contribution in [-0.4, -0.2) is 29.9 Å². The summed E-state index contributed by atoms with van der Waals surface area (Å²) in [7, 11) is 0. The van der Waals surface area contributed by atoms with Gasteiger partial charge in [-0.05, 0) is 31.6 Å². The molecule has 0 amide bonds. The van der Waals surface area contributed by atoms with E-state index in [2.05, 4.69) is 5.32 Å². The number of dihydropyridines is 1. The fourth-order valence-corrected chi connectivity index (χ4v) is 4.18. The Morgan fingerprint density at radius 1 is 1.33 bits per heavy atom. The van der Waals surface area contributed by atoms with Crippen molar-refractivity contribution in [1.82, 2.24) is 5.32 Å². The Hall–Kier alpha value is -2.08. The first-order valence-electron chi connectivity index (χ1n) is 9.27. The highest BCUT2D eigenvalue weighted by Gasteiger charge is 2.40. The van der Waals surface area contributed by atoms with Gasteiger partial charge in [0.2, 0.25) is 0 Å². The van der Waals surface area contributed by atoms with E-state index in [-0.39, 0.29) is 12.4 Å². The van der Waals surface area contributed by atoms with E-state index < -0.39 is 17.7 Å². The first-order chi connectivity index (χ1) is 13.0. The zero-order valence-electron chi connectivity index (χ0n) is 15.6. The van der Waals surface area contributed by atoms with Gasteiger partial charge in [-0.1, -0.05) is 25.1 Å². The Balaban J connectivity index is 2.01. The van der Waals surface area contributed by atoms with Gasteiger partial charge in [0, 0.05) is 34.7 Å². The van der Waals surface area contributed by atoms with Crippen molar-refractivity contribution in [3.05, 3.63) is 58.2 Å². The van der Waals surface area contributed by atoms with Crippen molar-refractivity contribution in [1.29, 1.82) is 0 Å². The minimum atomic E-state index is -0.721. The Bertz CT molecular complexity index is 815. The molecule has 3 rings (SSSR count). The average molecular weight is 389 g/mol. The van der Waals surface area contributed by atoms with E-state index in [1.807, 2.05) is 6.92 Å². The van der Waals surface area contributed by atoms with E-state index in [4.69, 9.17) is 4.74 Å². The highest BCUT2D eigenvalue weighted by atomic mass is 32.2. The number of rotatable bonds is 6. The standard InChI is InChI=1S/C21H24FNO3S/c1-3-27-12-11-26-21(25)18-13(2)23-16-9-6-10-17(24)20(16)19(18)14-7-4-5-8-15(14)22/h4-5,7-8,19,23H,3,6,9-12H2,1-2H3. The second kappa shape index (κ2) is 8.74. The quantitative estimate of drug-likeness (QED) is 0.587. The first kappa shape index (κ1) is 19.7. The van der Waals surface area contributed by atoms with Crippen molar-refractivity contribution in [2.45, 2.75) is 39.0 Å². The van der Waals surface area contributed by atoms with E-state index in [0.29, 0.717) is 34.6 Å². The molecule has 1 aliphatic heterocycles. The zero-order valence-corrected chi connectivity index (χ0v) is 16.5. The van der Waals surface area contributed by atoms with Crippen molar-refractivity contribution in [2.75, 3.05) is 18.1 Å². The van der Waals surface area contributed by atoms with E-state index in [1.165, 1.54) is 6.07 Å². The number of carbonyl (C=O) groups is 2. The number of benzene rings is 1. The lowest BCUT2D eigenvalue weighted by Gasteiger charge is -2.34. The fraction of sp³-hybridized carbons (Fsp3) is 0.429. The van der Waals surface area contributed by atoms with Crippen LogP contribution in [0.4, 0.5) is 4.39 Å². The predicted octanol–water partition coefficient (Wildman–Crippen LogP) is 4.09. The van der Waals surface area contributed by atoms with Crippen LogP contribution in [0.1, 0.15) is 44.6 Å². The van der Waals surface area contributed by atoms with Crippen LogP contribution >= 0.6 is 11.8 Å². The van der Waals surface area contributed by atoms with Gasteiger partial charge in [-0.2, -0.15) is 11.8 Å². The SMILES string of the molecule is CCSCCOC(=O)C1=C(C)NC2=C(C(=O)CCC2)C1c1ccccc1F. The minimum absolute atomic E-state index is 0.0312. The van der Waals surface area contributed by atoms with Crippen molar-refractivity contribution >= 4 is 23.5 Å². The Morgan fingerprint density at radius 3 is 2.85 bits per heavy atom. The summed E-state index contributed by atoms with van der Waals surface area (Å²) in [4.78, 5) is 25.6. The van der Waals surface area contributed by atoms with Gasteiger partial charge in [-0.15, -0.1) is 0 Å². The van der Waals surface area contributed by atoms with Crippen molar-refractivity contribution in [3.63, 3.8) is 0 Å². The van der Waals surface area contributed by atoms with Gasteiger partial charge < -0.3 is 10.1 Å². The molecule has 1 aromatic rings. The zero-order chi connectivity index (χ0) is 19.4. The predicted molar refractivity (Wildman–Crippen MR) is 105 cm³/mol. The molecular formula is C21H24FNO3S. The summed E-state index contributed by atoms with van der Waals surface area (Å²) in [6.07, 6.45) is 1.90. The molecule has 1 atom stereocenters. The van der Waals surface area contributed by atoms with E-state index in [0.717, 1.165) is 24.3 Å².